The SMILES string of the molecule is Cc1c(-c2ccccc2)ccc2c1-c1c(ccc(-c3ccccc3)c1C)OCCO2. The summed E-state index contributed by atoms with van der Waals surface area (Å²) in [7, 11) is 0. The molecule has 0 N–H and O–H groups in total. The van der Waals surface area contributed by atoms with Gasteiger partial charge in [-0.1, -0.05) is 72.8 Å². The molecule has 0 bridgehead atoms. The molecule has 1 heterocycles. The van der Waals surface area contributed by atoms with Crippen LogP contribution < -0.4 is 9.47 Å². The first-order valence-corrected chi connectivity index (χ1v) is 10.4. The van der Waals surface area contributed by atoms with Crippen molar-refractivity contribution in [2.24, 2.45) is 0 Å². The summed E-state index contributed by atoms with van der Waals surface area (Å²) in [6.45, 7) is 5.45. The third-order valence-corrected chi connectivity index (χ3v) is 5.87. The van der Waals surface area contributed by atoms with Crippen LogP contribution >= 0.6 is 0 Å². The molecule has 0 unspecified atom stereocenters. The summed E-state index contributed by atoms with van der Waals surface area (Å²) < 4.78 is 12.3. The summed E-state index contributed by atoms with van der Waals surface area (Å²) >= 11 is 0. The largest absolute Gasteiger partial charge is 0.489 e. The molecule has 0 radical (unpaired) electrons. The Morgan fingerprint density at radius 3 is 1.30 bits per heavy atom. The Hall–Kier alpha value is -3.52. The van der Waals surface area contributed by atoms with Crippen molar-refractivity contribution in [3.05, 3.63) is 96.1 Å². The Bertz CT molecular complexity index is 1100. The molecule has 0 saturated heterocycles. The third kappa shape index (κ3) is 3.15. The van der Waals surface area contributed by atoms with Crippen molar-refractivity contribution in [3.63, 3.8) is 0 Å². The van der Waals surface area contributed by atoms with E-state index in [1.54, 1.807) is 0 Å². The van der Waals surface area contributed by atoms with Gasteiger partial charge in [-0.05, 0) is 59.4 Å². The Balaban J connectivity index is 1.79. The van der Waals surface area contributed by atoms with Crippen LogP contribution in [0.2, 0.25) is 0 Å². The van der Waals surface area contributed by atoms with Gasteiger partial charge in [0.25, 0.3) is 0 Å². The Morgan fingerprint density at radius 2 is 0.900 bits per heavy atom. The Morgan fingerprint density at radius 1 is 0.500 bits per heavy atom. The summed E-state index contributed by atoms with van der Waals surface area (Å²) in [4.78, 5) is 0. The summed E-state index contributed by atoms with van der Waals surface area (Å²) in [6.07, 6.45) is 0. The van der Waals surface area contributed by atoms with Crippen LogP contribution in [0.25, 0.3) is 33.4 Å². The average Bonchev–Trinajstić information content (AvgIpc) is 2.77. The maximum Gasteiger partial charge on any atom is 0.127 e. The molecule has 4 aromatic carbocycles. The molecular weight excluding hydrogens is 368 g/mol. The monoisotopic (exact) mass is 392 g/mol. The van der Waals surface area contributed by atoms with Crippen LogP contribution in [0.4, 0.5) is 0 Å². The number of fused-ring (bicyclic) bond motifs is 3. The van der Waals surface area contributed by atoms with E-state index in [9.17, 15) is 0 Å². The maximum absolute atomic E-state index is 6.13. The molecule has 0 saturated carbocycles. The predicted octanol–water partition coefficient (Wildman–Crippen LogP) is 7.08. The second kappa shape index (κ2) is 7.72. The van der Waals surface area contributed by atoms with Crippen LogP contribution in [0.15, 0.2) is 84.9 Å². The van der Waals surface area contributed by atoms with E-state index in [1.807, 2.05) is 0 Å². The zero-order chi connectivity index (χ0) is 20.5. The van der Waals surface area contributed by atoms with Gasteiger partial charge in [-0.3, -0.25) is 0 Å². The van der Waals surface area contributed by atoms with Crippen LogP contribution in [0.3, 0.4) is 0 Å². The first-order chi connectivity index (χ1) is 14.7. The van der Waals surface area contributed by atoms with E-state index < -0.39 is 0 Å². The zero-order valence-corrected chi connectivity index (χ0v) is 17.3. The van der Waals surface area contributed by atoms with E-state index in [2.05, 4.69) is 98.8 Å². The highest BCUT2D eigenvalue weighted by molar-refractivity contribution is 5.90. The summed E-state index contributed by atoms with van der Waals surface area (Å²) in [5.74, 6) is 1.84. The quantitative estimate of drug-likeness (QED) is 0.363. The molecule has 2 nitrogen and oxygen atoms in total. The zero-order valence-electron chi connectivity index (χ0n) is 17.3. The normalized spacial score (nSPS) is 12.6. The van der Waals surface area contributed by atoms with Crippen molar-refractivity contribution in [2.75, 3.05) is 13.2 Å². The molecule has 2 heteroatoms. The van der Waals surface area contributed by atoms with Gasteiger partial charge < -0.3 is 9.47 Å². The highest BCUT2D eigenvalue weighted by Gasteiger charge is 2.23. The third-order valence-electron chi connectivity index (χ3n) is 5.87. The van der Waals surface area contributed by atoms with Gasteiger partial charge in [-0.2, -0.15) is 0 Å². The number of ether oxygens (including phenoxy) is 2. The predicted molar refractivity (Wildman–Crippen MR) is 123 cm³/mol. The topological polar surface area (TPSA) is 18.5 Å². The van der Waals surface area contributed by atoms with Gasteiger partial charge in [0.15, 0.2) is 0 Å². The lowest BCUT2D eigenvalue weighted by atomic mass is 9.86. The van der Waals surface area contributed by atoms with Gasteiger partial charge in [0.1, 0.15) is 24.7 Å². The van der Waals surface area contributed by atoms with Crippen molar-refractivity contribution in [1.82, 2.24) is 0 Å². The van der Waals surface area contributed by atoms with Gasteiger partial charge in [-0.15, -0.1) is 0 Å². The van der Waals surface area contributed by atoms with Crippen LogP contribution in [-0.4, -0.2) is 13.2 Å². The first-order valence-electron chi connectivity index (χ1n) is 10.4. The van der Waals surface area contributed by atoms with E-state index in [4.69, 9.17) is 9.47 Å². The molecule has 4 aromatic rings. The molecule has 0 aliphatic carbocycles. The van der Waals surface area contributed by atoms with Gasteiger partial charge in [0, 0.05) is 11.1 Å². The molecule has 0 fully saturated rings. The standard InChI is InChI=1S/C28H24O2/c1-19-23(21-9-5-3-6-10-21)13-15-25-27(19)28-20(2)24(22-11-7-4-8-12-22)14-16-26(28)30-18-17-29-25/h3-16H,17-18H2,1-2H3. The maximum atomic E-state index is 6.13. The molecular formula is C28H24O2. The van der Waals surface area contributed by atoms with Crippen LogP contribution in [0, 0.1) is 13.8 Å². The highest BCUT2D eigenvalue weighted by atomic mass is 16.5. The first kappa shape index (κ1) is 18.5. The number of hydrogen-bond acceptors (Lipinski definition) is 2. The van der Waals surface area contributed by atoms with Crippen molar-refractivity contribution in [2.45, 2.75) is 13.8 Å². The van der Waals surface area contributed by atoms with Gasteiger partial charge in [0.2, 0.25) is 0 Å². The fourth-order valence-electron chi connectivity index (χ4n) is 4.40. The summed E-state index contributed by atoms with van der Waals surface area (Å²) in [5, 5.41) is 0. The summed E-state index contributed by atoms with van der Waals surface area (Å²) in [5.41, 5.74) is 9.52. The van der Waals surface area contributed by atoms with E-state index >= 15 is 0 Å². The lowest BCUT2D eigenvalue weighted by molar-refractivity contribution is 0.214. The Labute approximate surface area is 177 Å². The number of hydrogen-bond donors (Lipinski definition) is 0. The van der Waals surface area contributed by atoms with Crippen molar-refractivity contribution >= 4 is 0 Å². The molecule has 0 atom stereocenters. The molecule has 148 valence electrons. The van der Waals surface area contributed by atoms with Gasteiger partial charge in [-0.25, -0.2) is 0 Å². The van der Waals surface area contributed by atoms with Crippen molar-refractivity contribution < 1.29 is 9.47 Å². The van der Waals surface area contributed by atoms with Gasteiger partial charge in [0.05, 0.1) is 0 Å². The molecule has 5 rings (SSSR count). The molecule has 30 heavy (non-hydrogen) atoms. The minimum atomic E-state index is 0.538. The van der Waals surface area contributed by atoms with E-state index in [-0.39, 0.29) is 0 Å². The van der Waals surface area contributed by atoms with E-state index in [0.29, 0.717) is 13.2 Å². The molecule has 0 amide bonds. The van der Waals surface area contributed by atoms with Crippen LogP contribution in [0.1, 0.15) is 11.1 Å². The second-order valence-corrected chi connectivity index (χ2v) is 7.65. The van der Waals surface area contributed by atoms with Crippen LogP contribution in [0.5, 0.6) is 11.5 Å². The van der Waals surface area contributed by atoms with E-state index in [1.165, 1.54) is 33.4 Å². The molecule has 1 aliphatic heterocycles. The minimum Gasteiger partial charge on any atom is -0.489 e. The fraction of sp³-hybridized carbons (Fsp3) is 0.143. The fourth-order valence-corrected chi connectivity index (χ4v) is 4.40. The Kier molecular flexibility index (Phi) is 4.76. The number of rotatable bonds is 2. The minimum absolute atomic E-state index is 0.538. The van der Waals surface area contributed by atoms with Crippen LogP contribution in [-0.2, 0) is 0 Å². The molecule has 0 aromatic heterocycles. The average molecular weight is 392 g/mol. The number of benzene rings is 4. The lowest BCUT2D eigenvalue weighted by Gasteiger charge is -2.25. The molecule has 0 spiro atoms. The highest BCUT2D eigenvalue weighted by Crippen LogP contribution is 2.47. The van der Waals surface area contributed by atoms with Crippen molar-refractivity contribution in [1.29, 1.82) is 0 Å². The second-order valence-electron chi connectivity index (χ2n) is 7.65. The summed E-state index contributed by atoms with van der Waals surface area (Å²) in [6, 6.07) is 29.6. The van der Waals surface area contributed by atoms with E-state index in [0.717, 1.165) is 22.6 Å². The lowest BCUT2D eigenvalue weighted by Crippen LogP contribution is -2.14. The smallest absolute Gasteiger partial charge is 0.127 e. The molecule has 1 aliphatic rings. The van der Waals surface area contributed by atoms with Gasteiger partial charge >= 0.3 is 0 Å². The van der Waals surface area contributed by atoms with Crippen molar-refractivity contribution in [3.8, 4) is 44.9 Å².